The van der Waals surface area contributed by atoms with Crippen molar-refractivity contribution in [2.24, 2.45) is 5.92 Å². The van der Waals surface area contributed by atoms with Crippen LogP contribution in [0.2, 0.25) is 0 Å². The van der Waals surface area contributed by atoms with E-state index in [1.165, 1.54) is 0 Å². The average Bonchev–Trinajstić information content (AvgIpc) is 1.88. The lowest BCUT2D eigenvalue weighted by molar-refractivity contribution is -0.106. The molecule has 1 rings (SSSR count). The fourth-order valence-electron chi connectivity index (χ4n) is 1.21. The van der Waals surface area contributed by atoms with Crippen molar-refractivity contribution in [2.75, 3.05) is 0 Å². The predicted octanol–water partition coefficient (Wildman–Crippen LogP) is 0.903. The average molecular weight is 140 g/mol. The van der Waals surface area contributed by atoms with E-state index in [4.69, 9.17) is 0 Å². The standard InChI is InChI=1S/C8H12O2/c1-6-2-3-7(5-9)8(10)4-6/h3,5-6,8,10H,2,4H2,1H3/t6-,8-/m1/s1. The van der Waals surface area contributed by atoms with E-state index in [0.717, 1.165) is 19.1 Å². The summed E-state index contributed by atoms with van der Waals surface area (Å²) in [4.78, 5) is 10.2. The van der Waals surface area contributed by atoms with Crippen LogP contribution in [-0.4, -0.2) is 17.5 Å². The molecule has 2 nitrogen and oxygen atoms in total. The molecular formula is C8H12O2. The molecule has 0 bridgehead atoms. The van der Waals surface area contributed by atoms with Gasteiger partial charge in [-0.1, -0.05) is 13.0 Å². The van der Waals surface area contributed by atoms with Crippen LogP contribution in [0.4, 0.5) is 0 Å². The van der Waals surface area contributed by atoms with Gasteiger partial charge < -0.3 is 5.11 Å². The van der Waals surface area contributed by atoms with Gasteiger partial charge in [-0.25, -0.2) is 0 Å². The molecule has 2 atom stereocenters. The third-order valence-electron chi connectivity index (χ3n) is 1.90. The fourth-order valence-corrected chi connectivity index (χ4v) is 1.21. The van der Waals surface area contributed by atoms with E-state index in [1.54, 1.807) is 0 Å². The van der Waals surface area contributed by atoms with Gasteiger partial charge in [-0.05, 0) is 18.8 Å². The summed E-state index contributed by atoms with van der Waals surface area (Å²) in [5.74, 6) is 0.513. The number of carbonyl (C=O) groups is 1. The first kappa shape index (κ1) is 7.48. The molecule has 0 heterocycles. The molecule has 56 valence electrons. The van der Waals surface area contributed by atoms with E-state index in [1.807, 2.05) is 6.08 Å². The van der Waals surface area contributed by atoms with Crippen LogP contribution in [0, 0.1) is 5.92 Å². The maximum absolute atomic E-state index is 10.2. The highest BCUT2D eigenvalue weighted by molar-refractivity contribution is 5.74. The second kappa shape index (κ2) is 2.97. The van der Waals surface area contributed by atoms with Gasteiger partial charge in [0.2, 0.25) is 0 Å². The van der Waals surface area contributed by atoms with E-state index in [2.05, 4.69) is 6.92 Å². The Balaban J connectivity index is 2.65. The number of allylic oxidation sites excluding steroid dienone is 1. The number of aliphatic hydroxyl groups is 1. The number of carbonyl (C=O) groups excluding carboxylic acids is 1. The quantitative estimate of drug-likeness (QED) is 0.549. The van der Waals surface area contributed by atoms with Crippen LogP contribution in [0.25, 0.3) is 0 Å². The van der Waals surface area contributed by atoms with Gasteiger partial charge in [0.1, 0.15) is 6.29 Å². The molecule has 0 amide bonds. The van der Waals surface area contributed by atoms with Gasteiger partial charge >= 0.3 is 0 Å². The van der Waals surface area contributed by atoms with Gasteiger partial charge in [-0.15, -0.1) is 0 Å². The van der Waals surface area contributed by atoms with Gasteiger partial charge in [0, 0.05) is 5.57 Å². The Hall–Kier alpha value is -0.630. The summed E-state index contributed by atoms with van der Waals surface area (Å²) < 4.78 is 0. The molecule has 10 heavy (non-hydrogen) atoms. The first-order valence-corrected chi connectivity index (χ1v) is 3.57. The molecular weight excluding hydrogens is 128 g/mol. The van der Waals surface area contributed by atoms with Gasteiger partial charge in [-0.3, -0.25) is 4.79 Å². The summed E-state index contributed by atoms with van der Waals surface area (Å²) in [6.07, 6.45) is 3.71. The summed E-state index contributed by atoms with van der Waals surface area (Å²) in [5.41, 5.74) is 0.554. The summed E-state index contributed by atoms with van der Waals surface area (Å²) in [6, 6.07) is 0. The molecule has 0 spiro atoms. The van der Waals surface area contributed by atoms with Crippen molar-refractivity contribution in [3.05, 3.63) is 11.6 Å². The van der Waals surface area contributed by atoms with Crippen molar-refractivity contribution in [2.45, 2.75) is 25.9 Å². The third kappa shape index (κ3) is 1.45. The van der Waals surface area contributed by atoms with E-state index < -0.39 is 6.10 Å². The van der Waals surface area contributed by atoms with Crippen molar-refractivity contribution in [1.29, 1.82) is 0 Å². The second-order valence-electron chi connectivity index (χ2n) is 2.91. The van der Waals surface area contributed by atoms with Gasteiger partial charge in [0.25, 0.3) is 0 Å². The van der Waals surface area contributed by atoms with E-state index in [0.29, 0.717) is 11.5 Å². The number of aliphatic hydroxyl groups excluding tert-OH is 1. The molecule has 0 aromatic carbocycles. The van der Waals surface area contributed by atoms with Crippen LogP contribution in [0.15, 0.2) is 11.6 Å². The molecule has 1 aliphatic carbocycles. The van der Waals surface area contributed by atoms with Gasteiger partial charge in [0.05, 0.1) is 6.10 Å². The highest BCUT2D eigenvalue weighted by Gasteiger charge is 2.18. The SMILES string of the molecule is C[C@@H]1CC=C(C=O)[C@H](O)C1. The van der Waals surface area contributed by atoms with Gasteiger partial charge in [-0.2, -0.15) is 0 Å². The van der Waals surface area contributed by atoms with Crippen LogP contribution < -0.4 is 0 Å². The Morgan fingerprint density at radius 1 is 1.80 bits per heavy atom. The summed E-state index contributed by atoms with van der Waals surface area (Å²) in [6.45, 7) is 2.07. The Bertz CT molecular complexity index is 161. The molecule has 0 aromatic rings. The van der Waals surface area contributed by atoms with Gasteiger partial charge in [0.15, 0.2) is 0 Å². The van der Waals surface area contributed by atoms with Crippen molar-refractivity contribution in [1.82, 2.24) is 0 Å². The maximum atomic E-state index is 10.2. The smallest absolute Gasteiger partial charge is 0.148 e. The van der Waals surface area contributed by atoms with E-state index in [9.17, 15) is 9.90 Å². The molecule has 0 radical (unpaired) electrons. The van der Waals surface area contributed by atoms with Crippen molar-refractivity contribution < 1.29 is 9.90 Å². The van der Waals surface area contributed by atoms with Crippen LogP contribution in [-0.2, 0) is 4.79 Å². The maximum Gasteiger partial charge on any atom is 0.148 e. The van der Waals surface area contributed by atoms with Crippen LogP contribution >= 0.6 is 0 Å². The fraction of sp³-hybridized carbons (Fsp3) is 0.625. The zero-order chi connectivity index (χ0) is 7.56. The highest BCUT2D eigenvalue weighted by Crippen LogP contribution is 2.21. The zero-order valence-electron chi connectivity index (χ0n) is 6.08. The minimum Gasteiger partial charge on any atom is -0.388 e. The van der Waals surface area contributed by atoms with Crippen LogP contribution in [0.1, 0.15) is 19.8 Å². The lowest BCUT2D eigenvalue weighted by Crippen LogP contribution is -2.19. The summed E-state index contributed by atoms with van der Waals surface area (Å²) >= 11 is 0. The number of hydrogen-bond acceptors (Lipinski definition) is 2. The molecule has 1 aliphatic rings. The second-order valence-corrected chi connectivity index (χ2v) is 2.91. The van der Waals surface area contributed by atoms with E-state index in [-0.39, 0.29) is 0 Å². The lowest BCUT2D eigenvalue weighted by atomic mass is 9.89. The van der Waals surface area contributed by atoms with Crippen molar-refractivity contribution in [3.63, 3.8) is 0 Å². The number of rotatable bonds is 1. The third-order valence-corrected chi connectivity index (χ3v) is 1.90. The predicted molar refractivity (Wildman–Crippen MR) is 38.6 cm³/mol. The first-order valence-electron chi connectivity index (χ1n) is 3.57. The summed E-state index contributed by atoms with van der Waals surface area (Å²) in [5, 5.41) is 9.24. The normalized spacial score (nSPS) is 33.2. The lowest BCUT2D eigenvalue weighted by Gasteiger charge is -2.20. The molecule has 1 N–H and O–H groups in total. The Morgan fingerprint density at radius 2 is 2.50 bits per heavy atom. The molecule has 2 heteroatoms. The van der Waals surface area contributed by atoms with Crippen molar-refractivity contribution >= 4 is 6.29 Å². The monoisotopic (exact) mass is 140 g/mol. The minimum atomic E-state index is -0.513. The number of aldehydes is 1. The molecule has 0 unspecified atom stereocenters. The molecule has 0 saturated carbocycles. The topological polar surface area (TPSA) is 37.3 Å². The van der Waals surface area contributed by atoms with Crippen molar-refractivity contribution in [3.8, 4) is 0 Å². The Labute approximate surface area is 60.6 Å². The van der Waals surface area contributed by atoms with E-state index >= 15 is 0 Å². The number of hydrogen-bond donors (Lipinski definition) is 1. The van der Waals surface area contributed by atoms with Crippen LogP contribution in [0.5, 0.6) is 0 Å². The Morgan fingerprint density at radius 3 is 3.00 bits per heavy atom. The highest BCUT2D eigenvalue weighted by atomic mass is 16.3. The molecule has 0 aromatic heterocycles. The zero-order valence-corrected chi connectivity index (χ0v) is 6.08. The molecule has 0 saturated heterocycles. The molecule has 0 fully saturated rings. The molecule has 0 aliphatic heterocycles. The minimum absolute atomic E-state index is 0.513. The summed E-state index contributed by atoms with van der Waals surface area (Å²) in [7, 11) is 0. The largest absolute Gasteiger partial charge is 0.388 e. The van der Waals surface area contributed by atoms with Crippen LogP contribution in [0.3, 0.4) is 0 Å². The first-order chi connectivity index (χ1) is 4.74. The Kier molecular flexibility index (Phi) is 2.22.